The van der Waals surface area contributed by atoms with Gasteiger partial charge in [0.1, 0.15) is 0 Å². The molecule has 0 aliphatic carbocycles. The van der Waals surface area contributed by atoms with Crippen molar-refractivity contribution in [3.63, 3.8) is 0 Å². The summed E-state index contributed by atoms with van der Waals surface area (Å²) in [5.41, 5.74) is 0. The average molecular weight is 312 g/mol. The van der Waals surface area contributed by atoms with Crippen LogP contribution in [0.25, 0.3) is 0 Å². The van der Waals surface area contributed by atoms with Crippen LogP contribution in [0.15, 0.2) is 0 Å². The lowest BCUT2D eigenvalue weighted by Gasteiger charge is -2.04. The Morgan fingerprint density at radius 2 is 0.857 bits per heavy atom. The molecule has 0 aliphatic heterocycles. The van der Waals surface area contributed by atoms with E-state index in [0.29, 0.717) is 46.2 Å². The third-order valence-electron chi connectivity index (χ3n) is 2.09. The number of rotatable bonds is 15. The molecular weight excluding hydrogens is 280 g/mol. The van der Waals surface area contributed by atoms with E-state index in [4.69, 9.17) is 34.3 Å². The fourth-order valence-electron chi connectivity index (χ4n) is 1.08. The molecule has 0 aromatic heterocycles. The van der Waals surface area contributed by atoms with Crippen LogP contribution in [-0.4, -0.2) is 88.0 Å². The second-order valence-electron chi connectivity index (χ2n) is 3.97. The standard InChI is InChI=1S/C8H18O5.C6H14O2/c9-1-3-11-5-7-13-8-6-12-4-2-10;1-2-3-5-8-6-4-7/h9-10H,1-8H2;7H,2-6H2,1H3. The fourth-order valence-corrected chi connectivity index (χ4v) is 1.08. The van der Waals surface area contributed by atoms with Crippen molar-refractivity contribution in [2.24, 2.45) is 0 Å². The summed E-state index contributed by atoms with van der Waals surface area (Å²) in [6, 6.07) is 0. The third kappa shape index (κ3) is 28.6. The molecule has 0 aliphatic rings. The lowest BCUT2D eigenvalue weighted by atomic mass is 10.4. The highest BCUT2D eigenvalue weighted by Gasteiger charge is 1.90. The molecule has 0 heterocycles. The Morgan fingerprint density at radius 1 is 0.524 bits per heavy atom. The summed E-state index contributed by atoms with van der Waals surface area (Å²) < 4.78 is 20.0. The minimum Gasteiger partial charge on any atom is -0.394 e. The minimum atomic E-state index is 0.0413. The molecule has 130 valence electrons. The predicted octanol–water partition coefficient (Wildman–Crippen LogP) is -0.184. The van der Waals surface area contributed by atoms with Crippen LogP contribution in [0.3, 0.4) is 0 Å². The summed E-state index contributed by atoms with van der Waals surface area (Å²) in [4.78, 5) is 0. The van der Waals surface area contributed by atoms with Gasteiger partial charge in [-0.15, -0.1) is 0 Å². The molecule has 0 bridgehead atoms. The van der Waals surface area contributed by atoms with Crippen LogP contribution >= 0.6 is 0 Å². The smallest absolute Gasteiger partial charge is 0.0701 e. The molecule has 0 radical (unpaired) electrons. The van der Waals surface area contributed by atoms with Crippen LogP contribution in [0.2, 0.25) is 0 Å². The fraction of sp³-hybridized carbons (Fsp3) is 1.00. The Hall–Kier alpha value is -0.280. The van der Waals surface area contributed by atoms with E-state index in [9.17, 15) is 0 Å². The minimum absolute atomic E-state index is 0.0413. The molecule has 0 amide bonds. The Balaban J connectivity index is 0. The van der Waals surface area contributed by atoms with Crippen molar-refractivity contribution in [3.05, 3.63) is 0 Å². The van der Waals surface area contributed by atoms with E-state index in [1.807, 2.05) is 0 Å². The first kappa shape index (κ1) is 23.0. The highest BCUT2D eigenvalue weighted by atomic mass is 16.5. The molecule has 0 spiro atoms. The van der Waals surface area contributed by atoms with Crippen LogP contribution < -0.4 is 0 Å². The van der Waals surface area contributed by atoms with Crippen LogP contribution in [0, 0.1) is 0 Å². The Bertz CT molecular complexity index is 142. The zero-order valence-electron chi connectivity index (χ0n) is 13.2. The van der Waals surface area contributed by atoms with E-state index in [1.165, 1.54) is 0 Å². The van der Waals surface area contributed by atoms with Crippen LogP contribution in [0.1, 0.15) is 19.8 Å². The second kappa shape index (κ2) is 24.7. The van der Waals surface area contributed by atoms with Crippen LogP contribution in [0.5, 0.6) is 0 Å². The normalized spacial score (nSPS) is 10.3. The van der Waals surface area contributed by atoms with Gasteiger partial charge >= 0.3 is 0 Å². The Kier molecular flexibility index (Phi) is 27.1. The van der Waals surface area contributed by atoms with E-state index in [-0.39, 0.29) is 19.8 Å². The largest absolute Gasteiger partial charge is 0.394 e. The highest BCUT2D eigenvalue weighted by Crippen LogP contribution is 1.85. The SMILES string of the molecule is CCCCOCCO.OCCOCCOCCOCCO. The summed E-state index contributed by atoms with van der Waals surface area (Å²) in [7, 11) is 0. The topological polar surface area (TPSA) is 97.6 Å². The molecule has 0 rings (SSSR count). The summed E-state index contributed by atoms with van der Waals surface area (Å²) >= 11 is 0. The van der Waals surface area contributed by atoms with Crippen molar-refractivity contribution in [1.82, 2.24) is 0 Å². The van der Waals surface area contributed by atoms with E-state index < -0.39 is 0 Å². The maximum absolute atomic E-state index is 8.36. The van der Waals surface area contributed by atoms with Crippen molar-refractivity contribution >= 4 is 0 Å². The van der Waals surface area contributed by atoms with Gasteiger partial charge in [0, 0.05) is 6.61 Å². The molecule has 0 fully saturated rings. The summed E-state index contributed by atoms with van der Waals surface area (Å²) in [5.74, 6) is 0. The molecule has 0 aromatic carbocycles. The number of unbranched alkanes of at least 4 members (excludes halogenated alkanes) is 1. The zero-order valence-corrected chi connectivity index (χ0v) is 13.2. The quantitative estimate of drug-likeness (QED) is 0.361. The second-order valence-corrected chi connectivity index (χ2v) is 3.97. The van der Waals surface area contributed by atoms with Crippen molar-refractivity contribution in [2.75, 3.05) is 72.7 Å². The number of aliphatic hydroxyl groups is 3. The molecule has 3 N–H and O–H groups in total. The third-order valence-corrected chi connectivity index (χ3v) is 2.09. The van der Waals surface area contributed by atoms with Gasteiger partial charge in [-0.25, -0.2) is 0 Å². The molecule has 0 saturated heterocycles. The Labute approximate surface area is 127 Å². The summed E-state index contributed by atoms with van der Waals surface area (Å²) in [5, 5.41) is 25.0. The molecule has 7 nitrogen and oxygen atoms in total. The van der Waals surface area contributed by atoms with E-state index >= 15 is 0 Å². The van der Waals surface area contributed by atoms with Gasteiger partial charge in [0.15, 0.2) is 0 Å². The Morgan fingerprint density at radius 3 is 1.19 bits per heavy atom. The lowest BCUT2D eigenvalue weighted by Crippen LogP contribution is -2.11. The monoisotopic (exact) mass is 312 g/mol. The highest BCUT2D eigenvalue weighted by molar-refractivity contribution is 4.33. The van der Waals surface area contributed by atoms with Crippen molar-refractivity contribution in [2.45, 2.75) is 19.8 Å². The van der Waals surface area contributed by atoms with Gasteiger partial charge in [-0.3, -0.25) is 0 Å². The molecule has 0 saturated carbocycles. The first-order valence-electron chi connectivity index (χ1n) is 7.47. The van der Waals surface area contributed by atoms with Gasteiger partial charge in [0.25, 0.3) is 0 Å². The molecule has 21 heavy (non-hydrogen) atoms. The van der Waals surface area contributed by atoms with Gasteiger partial charge < -0.3 is 34.3 Å². The zero-order chi connectivity index (χ0) is 16.0. The first-order chi connectivity index (χ1) is 10.3. The average Bonchev–Trinajstić information content (AvgIpc) is 2.51. The van der Waals surface area contributed by atoms with Crippen molar-refractivity contribution in [1.29, 1.82) is 0 Å². The molecule has 0 aromatic rings. The number of hydrogen-bond acceptors (Lipinski definition) is 7. The summed E-state index contributed by atoms with van der Waals surface area (Å²) in [6.07, 6.45) is 2.26. The maximum atomic E-state index is 8.36. The number of ether oxygens (including phenoxy) is 4. The van der Waals surface area contributed by atoms with E-state index in [2.05, 4.69) is 6.92 Å². The molecular formula is C14H32O7. The predicted molar refractivity (Wildman–Crippen MR) is 79.4 cm³/mol. The van der Waals surface area contributed by atoms with Gasteiger partial charge in [0.2, 0.25) is 0 Å². The lowest BCUT2D eigenvalue weighted by molar-refractivity contribution is 0.00230. The van der Waals surface area contributed by atoms with Gasteiger partial charge in [-0.2, -0.15) is 0 Å². The van der Waals surface area contributed by atoms with Crippen molar-refractivity contribution in [3.8, 4) is 0 Å². The molecule has 0 atom stereocenters. The summed E-state index contributed by atoms with van der Waals surface area (Å²) in [6.45, 7) is 6.29. The van der Waals surface area contributed by atoms with E-state index in [1.54, 1.807) is 0 Å². The van der Waals surface area contributed by atoms with Crippen LogP contribution in [-0.2, 0) is 18.9 Å². The van der Waals surface area contributed by atoms with Crippen LogP contribution in [0.4, 0.5) is 0 Å². The number of aliphatic hydroxyl groups excluding tert-OH is 3. The number of hydrogen-bond donors (Lipinski definition) is 3. The first-order valence-corrected chi connectivity index (χ1v) is 7.47. The molecule has 7 heteroatoms. The van der Waals surface area contributed by atoms with Gasteiger partial charge in [-0.05, 0) is 6.42 Å². The van der Waals surface area contributed by atoms with Gasteiger partial charge in [0.05, 0.1) is 66.1 Å². The maximum Gasteiger partial charge on any atom is 0.0701 e. The van der Waals surface area contributed by atoms with Crippen molar-refractivity contribution < 1.29 is 34.3 Å². The van der Waals surface area contributed by atoms with E-state index in [0.717, 1.165) is 19.4 Å². The molecule has 0 unspecified atom stereocenters. The van der Waals surface area contributed by atoms with Gasteiger partial charge in [-0.1, -0.05) is 13.3 Å².